The summed E-state index contributed by atoms with van der Waals surface area (Å²) in [6.07, 6.45) is 2.35. The maximum absolute atomic E-state index is 13.5. The van der Waals surface area contributed by atoms with Crippen LogP contribution in [-0.4, -0.2) is 31.7 Å². The van der Waals surface area contributed by atoms with Crippen LogP contribution in [0, 0.1) is 5.82 Å². The summed E-state index contributed by atoms with van der Waals surface area (Å²) >= 11 is 0. The molecular formula is C21H22FNO5. The van der Waals surface area contributed by atoms with E-state index in [0.29, 0.717) is 30.4 Å². The van der Waals surface area contributed by atoms with Gasteiger partial charge in [-0.2, -0.15) is 0 Å². The van der Waals surface area contributed by atoms with E-state index in [-0.39, 0.29) is 5.56 Å². The zero-order chi connectivity index (χ0) is 20.4. The van der Waals surface area contributed by atoms with Gasteiger partial charge in [0, 0.05) is 23.4 Å². The van der Waals surface area contributed by atoms with Crippen LogP contribution in [0.15, 0.2) is 48.5 Å². The summed E-state index contributed by atoms with van der Waals surface area (Å²) in [6.45, 7) is 4.17. The summed E-state index contributed by atoms with van der Waals surface area (Å²) in [5.74, 6) is -0.636. The van der Waals surface area contributed by atoms with Gasteiger partial charge in [0.15, 0.2) is 18.1 Å². The molecule has 0 unspecified atom stereocenters. The Bertz CT molecular complexity index is 850. The number of carbonyl (C=O) groups is 2. The van der Waals surface area contributed by atoms with Crippen molar-refractivity contribution in [2.24, 2.45) is 0 Å². The van der Waals surface area contributed by atoms with E-state index < -0.39 is 24.3 Å². The third-order valence-corrected chi connectivity index (χ3v) is 3.48. The first kappa shape index (κ1) is 21.0. The van der Waals surface area contributed by atoms with E-state index in [2.05, 4.69) is 5.32 Å². The molecule has 0 aliphatic heterocycles. The van der Waals surface area contributed by atoms with Crippen molar-refractivity contribution in [2.45, 2.75) is 13.8 Å². The lowest BCUT2D eigenvalue weighted by molar-refractivity contribution is -0.142. The van der Waals surface area contributed by atoms with Gasteiger partial charge >= 0.3 is 5.97 Å². The molecule has 0 saturated carbocycles. The van der Waals surface area contributed by atoms with Gasteiger partial charge in [-0.3, -0.25) is 4.79 Å². The minimum Gasteiger partial charge on any atom is -0.490 e. The number of anilines is 1. The summed E-state index contributed by atoms with van der Waals surface area (Å²) < 4.78 is 29.3. The van der Waals surface area contributed by atoms with E-state index in [1.165, 1.54) is 18.2 Å². The van der Waals surface area contributed by atoms with E-state index in [1.807, 2.05) is 13.8 Å². The molecule has 0 atom stereocenters. The predicted octanol–water partition coefficient (Wildman–Crippen LogP) is 3.82. The third-order valence-electron chi connectivity index (χ3n) is 3.48. The Morgan fingerprint density at radius 2 is 1.75 bits per heavy atom. The first-order chi connectivity index (χ1) is 13.5. The largest absolute Gasteiger partial charge is 0.490 e. The van der Waals surface area contributed by atoms with Gasteiger partial charge < -0.3 is 19.5 Å². The molecule has 0 heterocycles. The fourth-order valence-corrected chi connectivity index (χ4v) is 2.28. The predicted molar refractivity (Wildman–Crippen MR) is 104 cm³/mol. The van der Waals surface area contributed by atoms with Crippen LogP contribution in [0.5, 0.6) is 11.5 Å². The highest BCUT2D eigenvalue weighted by atomic mass is 19.1. The number of hydrogen-bond donors (Lipinski definition) is 1. The van der Waals surface area contributed by atoms with Gasteiger partial charge in [0.2, 0.25) is 0 Å². The number of ether oxygens (including phenoxy) is 3. The van der Waals surface area contributed by atoms with Crippen LogP contribution in [0.3, 0.4) is 0 Å². The summed E-state index contributed by atoms with van der Waals surface area (Å²) in [5, 5.41) is 2.61. The molecule has 0 spiro atoms. The van der Waals surface area contributed by atoms with Gasteiger partial charge in [-0.1, -0.05) is 18.2 Å². The Labute approximate surface area is 162 Å². The van der Waals surface area contributed by atoms with Gasteiger partial charge in [0.25, 0.3) is 5.91 Å². The Morgan fingerprint density at radius 3 is 2.46 bits per heavy atom. The van der Waals surface area contributed by atoms with Crippen LogP contribution in [-0.2, 0) is 14.3 Å². The van der Waals surface area contributed by atoms with Crippen molar-refractivity contribution in [3.63, 3.8) is 0 Å². The lowest BCUT2D eigenvalue weighted by Crippen LogP contribution is -2.20. The number of carbonyl (C=O) groups excluding carboxylic acids is 2. The molecule has 2 aromatic rings. The minimum absolute atomic E-state index is 0.252. The van der Waals surface area contributed by atoms with Crippen LogP contribution < -0.4 is 14.8 Å². The van der Waals surface area contributed by atoms with Gasteiger partial charge in [-0.15, -0.1) is 0 Å². The summed E-state index contributed by atoms with van der Waals surface area (Å²) in [4.78, 5) is 23.7. The number of nitrogens with one attached hydrogen (secondary N) is 1. The molecule has 0 saturated heterocycles. The number of esters is 1. The number of benzene rings is 2. The van der Waals surface area contributed by atoms with Crippen molar-refractivity contribution < 1.29 is 28.2 Å². The number of rotatable bonds is 9. The highest BCUT2D eigenvalue weighted by Crippen LogP contribution is 2.30. The fourth-order valence-electron chi connectivity index (χ4n) is 2.28. The first-order valence-electron chi connectivity index (χ1n) is 8.82. The number of hydrogen-bond acceptors (Lipinski definition) is 5. The highest BCUT2D eigenvalue weighted by Gasteiger charge is 2.10. The topological polar surface area (TPSA) is 73.9 Å². The maximum Gasteiger partial charge on any atom is 0.331 e. The summed E-state index contributed by atoms with van der Waals surface area (Å²) in [7, 11) is 0. The minimum atomic E-state index is -0.750. The van der Waals surface area contributed by atoms with E-state index in [9.17, 15) is 14.0 Å². The average molecular weight is 387 g/mol. The monoisotopic (exact) mass is 387 g/mol. The van der Waals surface area contributed by atoms with Crippen molar-refractivity contribution in [2.75, 3.05) is 25.1 Å². The molecule has 7 heteroatoms. The van der Waals surface area contributed by atoms with E-state index in [0.717, 1.165) is 6.08 Å². The molecule has 2 rings (SSSR count). The number of amides is 1. The van der Waals surface area contributed by atoms with Crippen LogP contribution >= 0.6 is 0 Å². The van der Waals surface area contributed by atoms with Crippen LogP contribution in [0.1, 0.15) is 19.4 Å². The maximum atomic E-state index is 13.5. The van der Waals surface area contributed by atoms with Crippen LogP contribution in [0.25, 0.3) is 6.08 Å². The van der Waals surface area contributed by atoms with Gasteiger partial charge in [-0.25, -0.2) is 9.18 Å². The Morgan fingerprint density at radius 1 is 1.04 bits per heavy atom. The van der Waals surface area contributed by atoms with Crippen molar-refractivity contribution in [3.05, 3.63) is 59.9 Å². The molecule has 1 amide bonds. The molecular weight excluding hydrogens is 365 g/mol. The molecule has 148 valence electrons. The zero-order valence-electron chi connectivity index (χ0n) is 15.7. The lowest BCUT2D eigenvalue weighted by Gasteiger charge is -2.13. The molecule has 6 nitrogen and oxygen atoms in total. The fraction of sp³-hybridized carbons (Fsp3) is 0.238. The molecule has 28 heavy (non-hydrogen) atoms. The molecule has 0 aliphatic rings. The number of halogens is 1. The second-order valence-corrected chi connectivity index (χ2v) is 5.54. The quantitative estimate of drug-likeness (QED) is 0.523. The van der Waals surface area contributed by atoms with E-state index >= 15 is 0 Å². The summed E-state index contributed by atoms with van der Waals surface area (Å²) in [6, 6.07) is 11.0. The first-order valence-corrected chi connectivity index (χ1v) is 8.82. The van der Waals surface area contributed by atoms with Crippen molar-refractivity contribution >= 4 is 23.6 Å². The molecule has 0 radical (unpaired) electrons. The highest BCUT2D eigenvalue weighted by molar-refractivity contribution is 5.94. The standard InChI is InChI=1S/C21H22FNO5/c1-3-26-18-11-10-16(13-19(18)27-4-2)23-20(24)14-28-21(25)12-9-15-7-5-6-8-17(15)22/h5-13H,3-4,14H2,1-2H3,(H,23,24)/b12-9+. The van der Waals surface area contributed by atoms with E-state index in [1.54, 1.807) is 30.3 Å². The zero-order valence-corrected chi connectivity index (χ0v) is 15.7. The van der Waals surface area contributed by atoms with Crippen LogP contribution in [0.4, 0.5) is 10.1 Å². The third kappa shape index (κ3) is 6.42. The second-order valence-electron chi connectivity index (χ2n) is 5.54. The lowest BCUT2D eigenvalue weighted by atomic mass is 10.2. The molecule has 0 bridgehead atoms. The second kappa shape index (κ2) is 10.7. The van der Waals surface area contributed by atoms with Crippen molar-refractivity contribution in [1.82, 2.24) is 0 Å². The normalized spacial score (nSPS) is 10.5. The smallest absolute Gasteiger partial charge is 0.331 e. The van der Waals surface area contributed by atoms with Crippen LogP contribution in [0.2, 0.25) is 0 Å². The molecule has 1 N–H and O–H groups in total. The van der Waals surface area contributed by atoms with Crippen molar-refractivity contribution in [3.8, 4) is 11.5 Å². The Hall–Kier alpha value is -3.35. The molecule has 0 aliphatic carbocycles. The Balaban J connectivity index is 1.89. The molecule has 0 fully saturated rings. The van der Waals surface area contributed by atoms with E-state index in [4.69, 9.17) is 14.2 Å². The van der Waals surface area contributed by atoms with Crippen molar-refractivity contribution in [1.29, 1.82) is 0 Å². The summed E-state index contributed by atoms with van der Waals surface area (Å²) in [5.41, 5.74) is 0.733. The molecule has 0 aromatic heterocycles. The van der Waals surface area contributed by atoms with Gasteiger partial charge in [0.1, 0.15) is 5.82 Å². The molecule has 2 aromatic carbocycles. The Kier molecular flexibility index (Phi) is 8.02. The average Bonchev–Trinajstić information content (AvgIpc) is 2.68. The van der Waals surface area contributed by atoms with Gasteiger partial charge in [-0.05, 0) is 38.1 Å². The van der Waals surface area contributed by atoms with Gasteiger partial charge in [0.05, 0.1) is 13.2 Å². The SMILES string of the molecule is CCOc1ccc(NC(=O)COC(=O)/C=C/c2ccccc2F)cc1OCC.